The Morgan fingerprint density at radius 1 is 1.03 bits per heavy atom. The summed E-state index contributed by atoms with van der Waals surface area (Å²) in [6.07, 6.45) is 5.24. The van der Waals surface area contributed by atoms with Crippen LogP contribution in [0.4, 0.5) is 4.79 Å². The predicted octanol–water partition coefficient (Wildman–Crippen LogP) is 5.92. The van der Waals surface area contributed by atoms with Crippen LogP contribution in [-0.2, 0) is 16.7 Å². The van der Waals surface area contributed by atoms with E-state index in [1.54, 1.807) is 4.52 Å². The second-order valence-corrected chi connectivity index (χ2v) is 10.1. The fraction of sp³-hybridized carbons (Fsp3) is 0.357. The molecule has 180 valence electrons. The summed E-state index contributed by atoms with van der Waals surface area (Å²) in [4.78, 5) is 22.0. The maximum Gasteiger partial charge on any atom is 0.408 e. The number of benzene rings is 2. The molecule has 1 aliphatic rings. The van der Waals surface area contributed by atoms with E-state index in [9.17, 15) is 4.79 Å². The highest BCUT2D eigenvalue weighted by atomic mass is 16.6. The van der Waals surface area contributed by atoms with E-state index in [0.717, 1.165) is 59.5 Å². The summed E-state index contributed by atoms with van der Waals surface area (Å²) in [5, 5.41) is 7.70. The summed E-state index contributed by atoms with van der Waals surface area (Å²) in [5.41, 5.74) is 4.06. The minimum absolute atomic E-state index is 0.377. The molecule has 2 heterocycles. The zero-order valence-corrected chi connectivity index (χ0v) is 20.7. The fourth-order valence-corrected chi connectivity index (χ4v) is 4.53. The Morgan fingerprint density at radius 3 is 2.34 bits per heavy atom. The SMILES string of the molecule is CCc1nc2nc(-c3ccc(C4(NC(=O)OC(C)(C)C)CCC4)cc3)c(-c3ccccc3)cn2n1. The lowest BCUT2D eigenvalue weighted by molar-refractivity contribution is 0.0377. The molecule has 2 aromatic carbocycles. The number of hydrogen-bond acceptors (Lipinski definition) is 5. The number of rotatable bonds is 5. The molecule has 1 aliphatic carbocycles. The number of ether oxygens (including phenoxy) is 1. The molecule has 2 aromatic heterocycles. The Bertz CT molecular complexity index is 1350. The molecule has 0 saturated heterocycles. The van der Waals surface area contributed by atoms with Gasteiger partial charge in [0, 0.05) is 23.7 Å². The predicted molar refractivity (Wildman–Crippen MR) is 136 cm³/mol. The van der Waals surface area contributed by atoms with Gasteiger partial charge in [0.2, 0.25) is 0 Å². The van der Waals surface area contributed by atoms with Gasteiger partial charge in [0.15, 0.2) is 5.82 Å². The third kappa shape index (κ3) is 4.63. The first-order valence-corrected chi connectivity index (χ1v) is 12.2. The van der Waals surface area contributed by atoms with Gasteiger partial charge in [-0.1, -0.05) is 61.5 Å². The number of carbonyl (C=O) groups is 1. The van der Waals surface area contributed by atoms with E-state index in [-0.39, 0.29) is 11.6 Å². The average Bonchev–Trinajstić information content (AvgIpc) is 3.22. The van der Waals surface area contributed by atoms with Crippen LogP contribution in [0.3, 0.4) is 0 Å². The lowest BCUT2D eigenvalue weighted by Gasteiger charge is -2.43. The minimum atomic E-state index is -0.531. The number of nitrogens with one attached hydrogen (secondary N) is 1. The van der Waals surface area contributed by atoms with Crippen molar-refractivity contribution in [3.63, 3.8) is 0 Å². The monoisotopic (exact) mass is 469 g/mol. The van der Waals surface area contributed by atoms with Crippen LogP contribution in [0.1, 0.15) is 58.3 Å². The van der Waals surface area contributed by atoms with Crippen molar-refractivity contribution in [1.82, 2.24) is 24.9 Å². The van der Waals surface area contributed by atoms with Crippen LogP contribution in [0, 0.1) is 0 Å². The molecule has 7 nitrogen and oxygen atoms in total. The summed E-state index contributed by atoms with van der Waals surface area (Å²) in [7, 11) is 0. The molecule has 4 aromatic rings. The summed E-state index contributed by atoms with van der Waals surface area (Å²) < 4.78 is 7.28. The number of nitrogens with zero attached hydrogens (tertiary/aromatic N) is 4. The maximum atomic E-state index is 12.5. The van der Waals surface area contributed by atoms with Gasteiger partial charge in [-0.15, -0.1) is 5.10 Å². The number of amides is 1. The molecule has 35 heavy (non-hydrogen) atoms. The molecule has 1 N–H and O–H groups in total. The minimum Gasteiger partial charge on any atom is -0.444 e. The lowest BCUT2D eigenvalue weighted by atomic mass is 9.71. The smallest absolute Gasteiger partial charge is 0.408 e. The van der Waals surface area contributed by atoms with Crippen LogP contribution in [0.15, 0.2) is 60.8 Å². The lowest BCUT2D eigenvalue weighted by Crippen LogP contribution is -2.52. The molecular weight excluding hydrogens is 438 g/mol. The number of carbonyl (C=O) groups excluding carboxylic acids is 1. The Kier molecular flexibility index (Phi) is 5.79. The first kappa shape index (κ1) is 23.0. The zero-order chi connectivity index (χ0) is 24.6. The van der Waals surface area contributed by atoms with Gasteiger partial charge in [0.25, 0.3) is 5.78 Å². The van der Waals surface area contributed by atoms with Crippen LogP contribution < -0.4 is 5.32 Å². The number of aryl methyl sites for hydroxylation is 1. The van der Waals surface area contributed by atoms with Gasteiger partial charge in [0.05, 0.1) is 11.2 Å². The molecule has 0 spiro atoms. The standard InChI is InChI=1S/C28H31N5O2/c1-5-23-29-25-30-24(22(18-33(25)32-23)19-10-7-6-8-11-19)20-12-14-21(15-13-20)28(16-9-17-28)31-26(34)35-27(2,3)4/h6-8,10-15,18H,5,9,16-17H2,1-4H3,(H,31,34). The highest BCUT2D eigenvalue weighted by molar-refractivity contribution is 5.81. The molecule has 0 radical (unpaired) electrons. The number of alkyl carbamates (subject to hydrolysis) is 1. The van der Waals surface area contributed by atoms with E-state index in [0.29, 0.717) is 5.78 Å². The molecule has 1 amide bonds. The Hall–Kier alpha value is -3.74. The highest BCUT2D eigenvalue weighted by Gasteiger charge is 2.41. The highest BCUT2D eigenvalue weighted by Crippen LogP contribution is 2.42. The molecule has 0 aliphatic heterocycles. The van der Waals surface area contributed by atoms with E-state index in [1.165, 1.54) is 0 Å². The first-order chi connectivity index (χ1) is 16.8. The van der Waals surface area contributed by atoms with Crippen molar-refractivity contribution < 1.29 is 9.53 Å². The van der Waals surface area contributed by atoms with E-state index in [1.807, 2.05) is 52.1 Å². The van der Waals surface area contributed by atoms with Gasteiger partial charge < -0.3 is 10.1 Å². The summed E-state index contributed by atoms with van der Waals surface area (Å²) in [6.45, 7) is 7.67. The Morgan fingerprint density at radius 2 is 1.74 bits per heavy atom. The second-order valence-electron chi connectivity index (χ2n) is 10.1. The quantitative estimate of drug-likeness (QED) is 0.392. The van der Waals surface area contributed by atoms with Gasteiger partial charge in [-0.05, 0) is 51.2 Å². The van der Waals surface area contributed by atoms with Crippen molar-refractivity contribution in [1.29, 1.82) is 0 Å². The van der Waals surface area contributed by atoms with Gasteiger partial charge in [-0.3, -0.25) is 0 Å². The van der Waals surface area contributed by atoms with Crippen LogP contribution in [0.2, 0.25) is 0 Å². The molecule has 0 unspecified atom stereocenters. The van der Waals surface area contributed by atoms with Crippen molar-refractivity contribution in [3.8, 4) is 22.4 Å². The average molecular weight is 470 g/mol. The van der Waals surface area contributed by atoms with E-state index in [2.05, 4.69) is 51.8 Å². The Balaban J connectivity index is 1.51. The van der Waals surface area contributed by atoms with Crippen molar-refractivity contribution in [3.05, 3.63) is 72.2 Å². The second kappa shape index (κ2) is 8.80. The van der Waals surface area contributed by atoms with Crippen molar-refractivity contribution in [2.45, 2.75) is 64.5 Å². The largest absolute Gasteiger partial charge is 0.444 e. The summed E-state index contributed by atoms with van der Waals surface area (Å²) in [5.74, 6) is 1.35. The summed E-state index contributed by atoms with van der Waals surface area (Å²) in [6, 6.07) is 18.5. The summed E-state index contributed by atoms with van der Waals surface area (Å²) >= 11 is 0. The van der Waals surface area contributed by atoms with Gasteiger partial charge in [-0.2, -0.15) is 4.98 Å². The molecular formula is C28H31N5O2. The fourth-order valence-electron chi connectivity index (χ4n) is 4.53. The molecule has 0 bridgehead atoms. The number of fused-ring (bicyclic) bond motifs is 1. The normalized spacial score (nSPS) is 15.0. The molecule has 1 fully saturated rings. The molecule has 1 saturated carbocycles. The third-order valence-electron chi connectivity index (χ3n) is 6.43. The third-order valence-corrected chi connectivity index (χ3v) is 6.43. The first-order valence-electron chi connectivity index (χ1n) is 12.2. The van der Waals surface area contributed by atoms with Crippen LogP contribution >= 0.6 is 0 Å². The van der Waals surface area contributed by atoms with Crippen molar-refractivity contribution in [2.24, 2.45) is 0 Å². The van der Waals surface area contributed by atoms with Gasteiger partial charge >= 0.3 is 6.09 Å². The van der Waals surface area contributed by atoms with Gasteiger partial charge in [0.1, 0.15) is 5.60 Å². The molecule has 0 atom stereocenters. The number of hydrogen-bond donors (Lipinski definition) is 1. The van der Waals surface area contributed by atoms with Crippen molar-refractivity contribution >= 4 is 11.9 Å². The van der Waals surface area contributed by atoms with Crippen LogP contribution in [0.25, 0.3) is 28.2 Å². The van der Waals surface area contributed by atoms with Crippen LogP contribution in [0.5, 0.6) is 0 Å². The van der Waals surface area contributed by atoms with Gasteiger partial charge in [-0.25, -0.2) is 14.3 Å². The Labute approximate surface area is 205 Å². The maximum absolute atomic E-state index is 12.5. The van der Waals surface area contributed by atoms with E-state index in [4.69, 9.17) is 9.72 Å². The van der Waals surface area contributed by atoms with E-state index >= 15 is 0 Å². The zero-order valence-electron chi connectivity index (χ0n) is 20.7. The van der Waals surface area contributed by atoms with Crippen molar-refractivity contribution in [2.75, 3.05) is 0 Å². The molecule has 7 heteroatoms. The topological polar surface area (TPSA) is 81.4 Å². The molecule has 5 rings (SSSR count). The van der Waals surface area contributed by atoms with E-state index < -0.39 is 5.60 Å². The van der Waals surface area contributed by atoms with Crippen LogP contribution in [-0.4, -0.2) is 31.3 Å². The number of aromatic nitrogens is 4.